The Labute approximate surface area is 169 Å². The summed E-state index contributed by atoms with van der Waals surface area (Å²) in [5.74, 6) is -1.69. The third-order valence-corrected chi connectivity index (χ3v) is 5.45. The first-order valence-corrected chi connectivity index (χ1v) is 9.96. The molecule has 0 spiro atoms. The van der Waals surface area contributed by atoms with Crippen LogP contribution in [0, 0.1) is 11.6 Å². The van der Waals surface area contributed by atoms with Gasteiger partial charge in [0, 0.05) is 29.2 Å². The van der Waals surface area contributed by atoms with Gasteiger partial charge < -0.3 is 10.6 Å². The van der Waals surface area contributed by atoms with Gasteiger partial charge in [-0.15, -0.1) is 0 Å². The molecule has 9 heteroatoms. The number of nitrogens with zero attached hydrogens (tertiary/aromatic N) is 2. The van der Waals surface area contributed by atoms with Crippen molar-refractivity contribution in [1.29, 1.82) is 0 Å². The number of fused-ring (bicyclic) bond motifs is 1. The van der Waals surface area contributed by atoms with Crippen molar-refractivity contribution in [3.8, 4) is 5.69 Å². The summed E-state index contributed by atoms with van der Waals surface area (Å²) in [6, 6.07) is 12.6. The van der Waals surface area contributed by atoms with Crippen LogP contribution in [0.2, 0.25) is 0 Å². The minimum absolute atomic E-state index is 0.305. The van der Waals surface area contributed by atoms with Crippen LogP contribution in [0.15, 0.2) is 48.5 Å². The molecule has 0 saturated heterocycles. The fraction of sp³-hybridized carbons (Fsp3) is 0.150. The number of para-hydroxylation sites is 1. The molecular formula is C20H16F2N4O2S. The predicted molar refractivity (Wildman–Crippen MR) is 105 cm³/mol. The number of carbonyl (C=O) groups excluding carboxylic acids is 2. The van der Waals surface area contributed by atoms with E-state index in [-0.39, 0.29) is 5.56 Å². The first-order valence-electron chi connectivity index (χ1n) is 8.80. The molecule has 0 saturated carbocycles. The van der Waals surface area contributed by atoms with Crippen molar-refractivity contribution >= 4 is 29.4 Å². The van der Waals surface area contributed by atoms with E-state index in [4.69, 9.17) is 0 Å². The van der Waals surface area contributed by atoms with Crippen molar-refractivity contribution in [2.24, 2.45) is 0 Å². The van der Waals surface area contributed by atoms with E-state index in [9.17, 15) is 18.4 Å². The maximum Gasteiger partial charge on any atom is 0.314 e. The summed E-state index contributed by atoms with van der Waals surface area (Å²) >= 11 is 1.66. The van der Waals surface area contributed by atoms with Gasteiger partial charge in [-0.05, 0) is 24.3 Å². The molecule has 2 N–H and O–H groups in total. The standard InChI is InChI=1S/C20H16F2N4O2S/c21-15-7-4-8-16(22)13(15)9-23-19(27)20(28)24-18-14-10-29-11-17(14)25-26(18)12-5-2-1-3-6-12/h1-8H,9-11H2,(H,23,27)(H,24,28). The number of nitrogens with one attached hydrogen (secondary N) is 2. The SMILES string of the molecule is O=C(NCc1c(F)cccc1F)C(=O)Nc1c2c(nn1-c1ccccc1)CSC2. The van der Waals surface area contributed by atoms with Gasteiger partial charge in [0.15, 0.2) is 0 Å². The Morgan fingerprint density at radius 1 is 1.00 bits per heavy atom. The molecule has 3 aromatic rings. The number of anilines is 1. The van der Waals surface area contributed by atoms with Gasteiger partial charge in [-0.3, -0.25) is 9.59 Å². The first-order chi connectivity index (χ1) is 14.0. The van der Waals surface area contributed by atoms with Gasteiger partial charge in [-0.25, -0.2) is 13.5 Å². The fourth-order valence-electron chi connectivity index (χ4n) is 3.01. The number of hydrogen-bond donors (Lipinski definition) is 2. The van der Waals surface area contributed by atoms with E-state index in [0.29, 0.717) is 11.6 Å². The van der Waals surface area contributed by atoms with E-state index in [1.54, 1.807) is 16.4 Å². The van der Waals surface area contributed by atoms with Gasteiger partial charge in [-0.1, -0.05) is 24.3 Å². The Balaban J connectivity index is 1.52. The van der Waals surface area contributed by atoms with Gasteiger partial charge in [0.1, 0.15) is 17.5 Å². The lowest BCUT2D eigenvalue weighted by Gasteiger charge is -2.11. The van der Waals surface area contributed by atoms with Crippen LogP contribution in [-0.4, -0.2) is 21.6 Å². The molecule has 0 aliphatic carbocycles. The summed E-state index contributed by atoms with van der Waals surface area (Å²) < 4.78 is 29.0. The Kier molecular flexibility index (Phi) is 5.30. The topological polar surface area (TPSA) is 76.0 Å². The number of aromatic nitrogens is 2. The van der Waals surface area contributed by atoms with E-state index < -0.39 is 30.0 Å². The molecule has 2 amide bonds. The third kappa shape index (κ3) is 3.86. The molecule has 2 aromatic carbocycles. The van der Waals surface area contributed by atoms with Crippen molar-refractivity contribution in [2.75, 3.05) is 5.32 Å². The summed E-state index contributed by atoms with van der Waals surface area (Å²) in [7, 11) is 0. The molecular weight excluding hydrogens is 398 g/mol. The summed E-state index contributed by atoms with van der Waals surface area (Å²) in [6.07, 6.45) is 0. The molecule has 148 valence electrons. The highest BCUT2D eigenvalue weighted by atomic mass is 32.2. The van der Waals surface area contributed by atoms with Crippen molar-refractivity contribution in [2.45, 2.75) is 18.1 Å². The van der Waals surface area contributed by atoms with Gasteiger partial charge >= 0.3 is 11.8 Å². The molecule has 29 heavy (non-hydrogen) atoms. The number of halogens is 2. The van der Waals surface area contributed by atoms with Crippen molar-refractivity contribution < 1.29 is 18.4 Å². The zero-order valence-electron chi connectivity index (χ0n) is 15.1. The summed E-state index contributed by atoms with van der Waals surface area (Å²) in [5.41, 5.74) is 2.15. The van der Waals surface area contributed by atoms with Gasteiger partial charge in [0.2, 0.25) is 0 Å². The van der Waals surface area contributed by atoms with Crippen molar-refractivity contribution in [3.63, 3.8) is 0 Å². The highest BCUT2D eigenvalue weighted by molar-refractivity contribution is 7.98. The summed E-state index contributed by atoms with van der Waals surface area (Å²) in [4.78, 5) is 24.6. The van der Waals surface area contributed by atoms with Gasteiger partial charge in [0.05, 0.1) is 11.4 Å². The Hall–Kier alpha value is -3.20. The molecule has 0 fully saturated rings. The number of benzene rings is 2. The van der Waals surface area contributed by atoms with E-state index in [2.05, 4.69) is 15.7 Å². The Morgan fingerprint density at radius 3 is 2.45 bits per heavy atom. The lowest BCUT2D eigenvalue weighted by Crippen LogP contribution is -2.36. The number of rotatable bonds is 4. The molecule has 0 atom stereocenters. The maximum atomic E-state index is 13.7. The molecule has 4 rings (SSSR count). The second-order valence-corrected chi connectivity index (χ2v) is 7.34. The van der Waals surface area contributed by atoms with Crippen LogP contribution in [-0.2, 0) is 27.6 Å². The first kappa shape index (κ1) is 19.1. The Morgan fingerprint density at radius 2 is 1.72 bits per heavy atom. The van der Waals surface area contributed by atoms with Gasteiger partial charge in [0.25, 0.3) is 0 Å². The number of hydrogen-bond acceptors (Lipinski definition) is 4. The van der Waals surface area contributed by atoms with Crippen LogP contribution >= 0.6 is 11.8 Å². The monoisotopic (exact) mass is 414 g/mol. The number of carbonyl (C=O) groups is 2. The average molecular weight is 414 g/mol. The van der Waals surface area contributed by atoms with E-state index in [1.807, 2.05) is 30.3 Å². The van der Waals surface area contributed by atoms with E-state index >= 15 is 0 Å². The zero-order valence-corrected chi connectivity index (χ0v) is 15.9. The molecule has 2 heterocycles. The average Bonchev–Trinajstić information content (AvgIpc) is 3.30. The minimum atomic E-state index is -0.993. The molecule has 6 nitrogen and oxygen atoms in total. The summed E-state index contributed by atoms with van der Waals surface area (Å²) in [6.45, 7) is -0.434. The molecule has 1 aromatic heterocycles. The van der Waals surface area contributed by atoms with Crippen LogP contribution in [0.1, 0.15) is 16.8 Å². The molecule has 1 aliphatic rings. The lowest BCUT2D eigenvalue weighted by molar-refractivity contribution is -0.136. The highest BCUT2D eigenvalue weighted by Crippen LogP contribution is 2.36. The second kappa shape index (κ2) is 8.04. The smallest absolute Gasteiger partial charge is 0.314 e. The lowest BCUT2D eigenvalue weighted by atomic mass is 10.2. The van der Waals surface area contributed by atoms with Crippen LogP contribution in [0.25, 0.3) is 5.69 Å². The van der Waals surface area contributed by atoms with Gasteiger partial charge in [-0.2, -0.15) is 16.9 Å². The van der Waals surface area contributed by atoms with E-state index in [1.165, 1.54) is 6.07 Å². The largest absolute Gasteiger partial charge is 0.344 e. The molecule has 0 bridgehead atoms. The number of thioether (sulfide) groups is 1. The molecule has 1 aliphatic heterocycles. The third-order valence-electron chi connectivity index (χ3n) is 4.48. The predicted octanol–water partition coefficient (Wildman–Crippen LogP) is 3.15. The van der Waals surface area contributed by atoms with E-state index in [0.717, 1.165) is 34.8 Å². The normalized spacial score (nSPS) is 12.5. The van der Waals surface area contributed by atoms with Crippen molar-refractivity contribution in [1.82, 2.24) is 15.1 Å². The number of amides is 2. The van der Waals surface area contributed by atoms with Crippen LogP contribution in [0.5, 0.6) is 0 Å². The summed E-state index contributed by atoms with van der Waals surface area (Å²) in [5, 5.41) is 9.40. The fourth-order valence-corrected chi connectivity index (χ4v) is 4.05. The van der Waals surface area contributed by atoms with Crippen LogP contribution in [0.4, 0.5) is 14.6 Å². The maximum absolute atomic E-state index is 13.7. The van der Waals surface area contributed by atoms with Crippen LogP contribution in [0.3, 0.4) is 0 Å². The zero-order chi connectivity index (χ0) is 20.4. The minimum Gasteiger partial charge on any atom is -0.344 e. The Bertz CT molecular complexity index is 1070. The quantitative estimate of drug-likeness (QED) is 0.643. The highest BCUT2D eigenvalue weighted by Gasteiger charge is 2.26. The molecule has 0 radical (unpaired) electrons. The van der Waals surface area contributed by atoms with Crippen molar-refractivity contribution in [3.05, 3.63) is 77.0 Å². The van der Waals surface area contributed by atoms with Crippen LogP contribution < -0.4 is 10.6 Å². The second-order valence-electron chi connectivity index (χ2n) is 6.35. The molecule has 0 unspecified atom stereocenters.